The van der Waals surface area contributed by atoms with Gasteiger partial charge in [-0.05, 0) is 36.4 Å². The van der Waals surface area contributed by atoms with E-state index in [4.69, 9.17) is 4.74 Å². The summed E-state index contributed by atoms with van der Waals surface area (Å²) >= 11 is 0. The van der Waals surface area contributed by atoms with Gasteiger partial charge in [0.15, 0.2) is 0 Å². The van der Waals surface area contributed by atoms with Gasteiger partial charge in [-0.2, -0.15) is 0 Å². The number of hydrogen-bond donors (Lipinski definition) is 3. The van der Waals surface area contributed by atoms with Gasteiger partial charge < -0.3 is 20.7 Å². The summed E-state index contributed by atoms with van der Waals surface area (Å²) in [5.74, 6) is 0.213. The first-order valence-electron chi connectivity index (χ1n) is 9.43. The second-order valence-electron chi connectivity index (χ2n) is 6.58. The predicted octanol–water partition coefficient (Wildman–Crippen LogP) is 1.58. The van der Waals surface area contributed by atoms with Gasteiger partial charge in [-0.15, -0.1) is 0 Å². The molecule has 0 unspecified atom stereocenters. The lowest BCUT2D eigenvalue weighted by Gasteiger charge is -2.27. The Morgan fingerprint density at radius 2 is 1.75 bits per heavy atom. The smallest absolute Gasteiger partial charge is 0.255 e. The topological polar surface area (TPSA) is 82.7 Å². The van der Waals surface area contributed by atoms with Gasteiger partial charge in [-0.1, -0.05) is 12.1 Å². The molecule has 1 heterocycles. The fourth-order valence-corrected chi connectivity index (χ4v) is 3.08. The van der Waals surface area contributed by atoms with Gasteiger partial charge >= 0.3 is 0 Å². The van der Waals surface area contributed by atoms with E-state index in [1.54, 1.807) is 55.6 Å². The van der Waals surface area contributed by atoms with Gasteiger partial charge in [-0.3, -0.25) is 14.5 Å². The van der Waals surface area contributed by atoms with E-state index >= 15 is 0 Å². The highest BCUT2D eigenvalue weighted by atomic mass is 16.5. The molecule has 0 aromatic heterocycles. The lowest BCUT2D eigenvalue weighted by Crippen LogP contribution is -2.46. The Labute approximate surface area is 165 Å². The molecule has 2 amide bonds. The lowest BCUT2D eigenvalue weighted by molar-refractivity contribution is 0.0948. The Morgan fingerprint density at radius 1 is 1.04 bits per heavy atom. The molecular formula is C21H26N4O3. The van der Waals surface area contributed by atoms with Gasteiger partial charge in [0.2, 0.25) is 0 Å². The molecule has 2 aromatic carbocycles. The zero-order valence-electron chi connectivity index (χ0n) is 16.0. The zero-order chi connectivity index (χ0) is 19.8. The van der Waals surface area contributed by atoms with Crippen LogP contribution in [0.4, 0.5) is 5.69 Å². The molecular weight excluding hydrogens is 356 g/mol. The van der Waals surface area contributed by atoms with Gasteiger partial charge in [0.25, 0.3) is 11.8 Å². The SMILES string of the molecule is COc1ccc(C(=O)Nc2ccccc2C(=O)NCCN2CCNCC2)cc1. The zero-order valence-corrected chi connectivity index (χ0v) is 16.0. The molecule has 1 aliphatic rings. The molecule has 0 saturated carbocycles. The summed E-state index contributed by atoms with van der Waals surface area (Å²) in [4.78, 5) is 27.4. The van der Waals surface area contributed by atoms with Crippen molar-refractivity contribution in [1.29, 1.82) is 0 Å². The minimum atomic E-state index is -0.274. The summed E-state index contributed by atoms with van der Waals surface area (Å²) in [5.41, 5.74) is 1.43. The maximum Gasteiger partial charge on any atom is 0.255 e. The largest absolute Gasteiger partial charge is 0.497 e. The Balaban J connectivity index is 1.59. The fourth-order valence-electron chi connectivity index (χ4n) is 3.08. The Bertz CT molecular complexity index is 802. The second kappa shape index (κ2) is 9.87. The standard InChI is InChI=1S/C21H26N4O3/c1-28-17-8-6-16(7-9-17)20(26)24-19-5-3-2-4-18(19)21(27)23-12-15-25-13-10-22-11-14-25/h2-9,22H,10-15H2,1H3,(H,23,27)(H,24,26). The van der Waals surface area contributed by atoms with E-state index in [-0.39, 0.29) is 11.8 Å². The van der Waals surface area contributed by atoms with Crippen molar-refractivity contribution in [2.45, 2.75) is 0 Å². The van der Waals surface area contributed by atoms with Crippen LogP contribution < -0.4 is 20.7 Å². The van der Waals surface area contributed by atoms with Crippen molar-refractivity contribution in [3.05, 3.63) is 59.7 Å². The molecule has 0 bridgehead atoms. The third-order valence-electron chi connectivity index (χ3n) is 4.70. The van der Waals surface area contributed by atoms with E-state index < -0.39 is 0 Å². The third-order valence-corrected chi connectivity index (χ3v) is 4.70. The average molecular weight is 382 g/mol. The molecule has 3 rings (SSSR count). The number of carbonyl (C=O) groups excluding carboxylic acids is 2. The van der Waals surface area contributed by atoms with Crippen LogP contribution >= 0.6 is 0 Å². The molecule has 7 nitrogen and oxygen atoms in total. The number of nitrogens with zero attached hydrogens (tertiary/aromatic N) is 1. The number of benzene rings is 2. The lowest BCUT2D eigenvalue weighted by atomic mass is 10.1. The molecule has 3 N–H and O–H groups in total. The summed E-state index contributed by atoms with van der Waals surface area (Å²) in [5, 5.41) is 9.08. The van der Waals surface area contributed by atoms with E-state index in [9.17, 15) is 9.59 Å². The third kappa shape index (κ3) is 5.31. The van der Waals surface area contributed by atoms with Gasteiger partial charge in [0.1, 0.15) is 5.75 Å². The molecule has 1 aliphatic heterocycles. The second-order valence-corrected chi connectivity index (χ2v) is 6.58. The quantitative estimate of drug-likeness (QED) is 0.677. The predicted molar refractivity (Wildman–Crippen MR) is 109 cm³/mol. The molecule has 2 aromatic rings. The van der Waals surface area contributed by atoms with Gasteiger partial charge in [0.05, 0.1) is 18.4 Å². The number of rotatable bonds is 7. The maximum absolute atomic E-state index is 12.6. The Hall–Kier alpha value is -2.90. The molecule has 7 heteroatoms. The number of ether oxygens (including phenoxy) is 1. The van der Waals surface area contributed by atoms with Gasteiger partial charge in [-0.25, -0.2) is 0 Å². The van der Waals surface area contributed by atoms with Crippen molar-refractivity contribution in [3.63, 3.8) is 0 Å². The molecule has 148 valence electrons. The van der Waals surface area contributed by atoms with Crippen LogP contribution in [0.5, 0.6) is 5.75 Å². The molecule has 1 saturated heterocycles. The van der Waals surface area contributed by atoms with Crippen molar-refractivity contribution in [3.8, 4) is 5.75 Å². The summed E-state index contributed by atoms with van der Waals surface area (Å²) in [7, 11) is 1.58. The number of nitrogens with one attached hydrogen (secondary N) is 3. The van der Waals surface area contributed by atoms with Crippen molar-refractivity contribution >= 4 is 17.5 Å². The van der Waals surface area contributed by atoms with Crippen molar-refractivity contribution in [1.82, 2.24) is 15.5 Å². The van der Waals surface area contributed by atoms with Crippen LogP contribution in [-0.2, 0) is 0 Å². The monoisotopic (exact) mass is 382 g/mol. The summed E-state index contributed by atoms with van der Waals surface area (Å²) in [6.07, 6.45) is 0. The van der Waals surface area contributed by atoms with Crippen LogP contribution in [-0.4, -0.2) is 63.1 Å². The molecule has 28 heavy (non-hydrogen) atoms. The number of methoxy groups -OCH3 is 1. The number of hydrogen-bond acceptors (Lipinski definition) is 5. The first kappa shape index (κ1) is 19.9. The van der Waals surface area contributed by atoms with E-state index in [1.165, 1.54) is 0 Å². The Kier molecular flexibility index (Phi) is 7.00. The highest BCUT2D eigenvalue weighted by Gasteiger charge is 2.15. The highest BCUT2D eigenvalue weighted by Crippen LogP contribution is 2.17. The number of para-hydroxylation sites is 1. The molecule has 0 radical (unpaired) electrons. The summed E-state index contributed by atoms with van der Waals surface area (Å²) in [6, 6.07) is 13.8. The van der Waals surface area contributed by atoms with E-state index in [0.717, 1.165) is 32.7 Å². The summed E-state index contributed by atoms with van der Waals surface area (Å²) in [6.45, 7) is 5.32. The van der Waals surface area contributed by atoms with Crippen LogP contribution in [0.25, 0.3) is 0 Å². The Morgan fingerprint density at radius 3 is 2.46 bits per heavy atom. The molecule has 0 spiro atoms. The first-order chi connectivity index (χ1) is 13.7. The van der Waals surface area contributed by atoms with Crippen molar-refractivity contribution < 1.29 is 14.3 Å². The van der Waals surface area contributed by atoms with E-state index in [2.05, 4.69) is 20.9 Å². The van der Waals surface area contributed by atoms with Crippen LogP contribution in [0.2, 0.25) is 0 Å². The number of piperazine rings is 1. The number of carbonyl (C=O) groups is 2. The van der Waals surface area contributed by atoms with Gasteiger partial charge in [0, 0.05) is 44.8 Å². The van der Waals surface area contributed by atoms with E-state index in [1.807, 2.05) is 0 Å². The number of amides is 2. The minimum absolute atomic E-state index is 0.194. The average Bonchev–Trinajstić information content (AvgIpc) is 2.75. The summed E-state index contributed by atoms with van der Waals surface area (Å²) < 4.78 is 5.11. The van der Waals surface area contributed by atoms with Crippen molar-refractivity contribution in [2.75, 3.05) is 51.7 Å². The maximum atomic E-state index is 12.6. The van der Waals surface area contributed by atoms with Crippen LogP contribution in [0.3, 0.4) is 0 Å². The molecule has 0 atom stereocenters. The normalized spacial score (nSPS) is 14.3. The minimum Gasteiger partial charge on any atom is -0.497 e. The number of anilines is 1. The van der Waals surface area contributed by atoms with Crippen LogP contribution in [0.1, 0.15) is 20.7 Å². The molecule has 1 fully saturated rings. The van der Waals surface area contributed by atoms with Crippen LogP contribution in [0, 0.1) is 0 Å². The molecule has 0 aliphatic carbocycles. The highest BCUT2D eigenvalue weighted by molar-refractivity contribution is 6.09. The fraction of sp³-hybridized carbons (Fsp3) is 0.333. The first-order valence-corrected chi connectivity index (χ1v) is 9.43. The van der Waals surface area contributed by atoms with Crippen molar-refractivity contribution in [2.24, 2.45) is 0 Å². The van der Waals surface area contributed by atoms with E-state index in [0.29, 0.717) is 29.1 Å². The van der Waals surface area contributed by atoms with Crippen LogP contribution in [0.15, 0.2) is 48.5 Å².